The molecule has 0 saturated carbocycles. The lowest BCUT2D eigenvalue weighted by molar-refractivity contribution is -0.123. The van der Waals surface area contributed by atoms with Gasteiger partial charge in [-0.05, 0) is 32.4 Å². The summed E-state index contributed by atoms with van der Waals surface area (Å²) in [5.74, 6) is 0.0422. The minimum absolute atomic E-state index is 0.0422. The Kier molecular flexibility index (Phi) is 4.37. The fraction of sp³-hybridized carbons (Fsp3) is 0.545. The van der Waals surface area contributed by atoms with Crippen molar-refractivity contribution in [3.05, 3.63) is 24.0 Å². The van der Waals surface area contributed by atoms with E-state index in [4.69, 9.17) is 0 Å². The smallest absolute Gasteiger partial charge is 0.237 e. The van der Waals surface area contributed by atoms with Gasteiger partial charge >= 0.3 is 0 Å². The highest BCUT2D eigenvalue weighted by atomic mass is 16.2. The van der Waals surface area contributed by atoms with E-state index in [-0.39, 0.29) is 18.0 Å². The molecule has 15 heavy (non-hydrogen) atoms. The number of aromatic amines is 1. The van der Waals surface area contributed by atoms with Crippen molar-refractivity contribution in [2.45, 2.75) is 39.4 Å². The van der Waals surface area contributed by atoms with Crippen LogP contribution in [0.1, 0.15) is 26.3 Å². The van der Waals surface area contributed by atoms with Gasteiger partial charge in [0.2, 0.25) is 5.91 Å². The summed E-state index contributed by atoms with van der Waals surface area (Å²) in [6, 6.07) is 2.01. The number of rotatable bonds is 5. The number of H-pyrrole nitrogens is 1. The second-order valence-electron chi connectivity index (χ2n) is 3.99. The standard InChI is InChI=1S/C11H19N3O/c1-8(2)14-11(15)9(3)13-7-10-4-5-12-6-10/h4-6,8-9,12-13H,7H2,1-3H3,(H,14,15). The number of aromatic nitrogens is 1. The first-order chi connectivity index (χ1) is 7.09. The Morgan fingerprint density at radius 1 is 1.47 bits per heavy atom. The van der Waals surface area contributed by atoms with Crippen LogP contribution in [0.3, 0.4) is 0 Å². The predicted molar refractivity (Wildman–Crippen MR) is 60.4 cm³/mol. The van der Waals surface area contributed by atoms with E-state index in [9.17, 15) is 4.79 Å². The minimum atomic E-state index is -0.165. The molecule has 1 aromatic rings. The van der Waals surface area contributed by atoms with E-state index in [2.05, 4.69) is 15.6 Å². The van der Waals surface area contributed by atoms with Crippen molar-refractivity contribution in [2.24, 2.45) is 0 Å². The molecular formula is C11H19N3O. The fourth-order valence-corrected chi connectivity index (χ4v) is 1.24. The van der Waals surface area contributed by atoms with E-state index < -0.39 is 0 Å². The fourth-order valence-electron chi connectivity index (χ4n) is 1.24. The van der Waals surface area contributed by atoms with Gasteiger partial charge in [-0.15, -0.1) is 0 Å². The lowest BCUT2D eigenvalue weighted by Crippen LogP contribution is -2.44. The third-order valence-electron chi connectivity index (χ3n) is 2.10. The Balaban J connectivity index is 2.29. The number of nitrogens with one attached hydrogen (secondary N) is 3. The average Bonchev–Trinajstić information content (AvgIpc) is 2.65. The van der Waals surface area contributed by atoms with Crippen LogP contribution in [-0.4, -0.2) is 23.0 Å². The molecular weight excluding hydrogens is 190 g/mol. The molecule has 0 bridgehead atoms. The topological polar surface area (TPSA) is 56.9 Å². The summed E-state index contributed by atoms with van der Waals surface area (Å²) in [4.78, 5) is 14.5. The van der Waals surface area contributed by atoms with Crippen molar-refractivity contribution >= 4 is 5.91 Å². The molecule has 0 aliphatic carbocycles. The van der Waals surface area contributed by atoms with Gasteiger partial charge in [0.05, 0.1) is 6.04 Å². The molecule has 4 heteroatoms. The van der Waals surface area contributed by atoms with E-state index >= 15 is 0 Å². The van der Waals surface area contributed by atoms with Gasteiger partial charge in [0.25, 0.3) is 0 Å². The van der Waals surface area contributed by atoms with Crippen LogP contribution in [0.2, 0.25) is 0 Å². The number of hydrogen-bond donors (Lipinski definition) is 3. The summed E-state index contributed by atoms with van der Waals surface area (Å²) in [5.41, 5.74) is 1.15. The molecule has 0 aliphatic heterocycles. The SMILES string of the molecule is CC(C)NC(=O)C(C)NCc1cc[nH]c1. The molecule has 0 spiro atoms. The summed E-state index contributed by atoms with van der Waals surface area (Å²) in [7, 11) is 0. The third kappa shape index (κ3) is 4.16. The third-order valence-corrected chi connectivity index (χ3v) is 2.10. The monoisotopic (exact) mass is 209 g/mol. The lowest BCUT2D eigenvalue weighted by Gasteiger charge is -2.15. The van der Waals surface area contributed by atoms with Crippen molar-refractivity contribution < 1.29 is 4.79 Å². The highest BCUT2D eigenvalue weighted by Gasteiger charge is 2.12. The molecule has 0 fully saturated rings. The molecule has 3 N–H and O–H groups in total. The molecule has 0 aliphatic rings. The predicted octanol–water partition coefficient (Wildman–Crippen LogP) is 1.02. The first-order valence-electron chi connectivity index (χ1n) is 5.25. The van der Waals surface area contributed by atoms with Crippen LogP contribution in [-0.2, 0) is 11.3 Å². The molecule has 4 nitrogen and oxygen atoms in total. The van der Waals surface area contributed by atoms with Crippen LogP contribution in [0, 0.1) is 0 Å². The number of carbonyl (C=O) groups is 1. The largest absolute Gasteiger partial charge is 0.367 e. The average molecular weight is 209 g/mol. The van der Waals surface area contributed by atoms with Crippen LogP contribution in [0.5, 0.6) is 0 Å². The van der Waals surface area contributed by atoms with Gasteiger partial charge in [0.1, 0.15) is 0 Å². The molecule has 0 saturated heterocycles. The quantitative estimate of drug-likeness (QED) is 0.678. The van der Waals surface area contributed by atoms with E-state index in [1.54, 1.807) is 0 Å². The molecule has 1 atom stereocenters. The number of amides is 1. The Morgan fingerprint density at radius 2 is 2.20 bits per heavy atom. The van der Waals surface area contributed by atoms with Crippen LogP contribution < -0.4 is 10.6 Å². The Hall–Kier alpha value is -1.29. The van der Waals surface area contributed by atoms with Crippen molar-refractivity contribution in [1.29, 1.82) is 0 Å². The zero-order valence-corrected chi connectivity index (χ0v) is 9.50. The van der Waals surface area contributed by atoms with Crippen molar-refractivity contribution in [3.8, 4) is 0 Å². The van der Waals surface area contributed by atoms with Gasteiger partial charge in [0.15, 0.2) is 0 Å². The number of hydrogen-bond acceptors (Lipinski definition) is 2. The van der Waals surface area contributed by atoms with E-state index in [0.29, 0.717) is 6.54 Å². The maximum absolute atomic E-state index is 11.5. The van der Waals surface area contributed by atoms with Crippen LogP contribution in [0.4, 0.5) is 0 Å². The van der Waals surface area contributed by atoms with Crippen LogP contribution in [0.25, 0.3) is 0 Å². The normalized spacial score (nSPS) is 12.8. The molecule has 84 valence electrons. The van der Waals surface area contributed by atoms with E-state index in [1.165, 1.54) is 0 Å². The van der Waals surface area contributed by atoms with Gasteiger partial charge in [-0.2, -0.15) is 0 Å². The Morgan fingerprint density at radius 3 is 2.73 bits per heavy atom. The summed E-state index contributed by atoms with van der Waals surface area (Å²) < 4.78 is 0. The minimum Gasteiger partial charge on any atom is -0.367 e. The van der Waals surface area contributed by atoms with Crippen molar-refractivity contribution in [1.82, 2.24) is 15.6 Å². The van der Waals surface area contributed by atoms with Gasteiger partial charge in [0, 0.05) is 25.0 Å². The lowest BCUT2D eigenvalue weighted by atomic mass is 10.2. The zero-order valence-electron chi connectivity index (χ0n) is 9.50. The van der Waals surface area contributed by atoms with Crippen LogP contribution >= 0.6 is 0 Å². The highest BCUT2D eigenvalue weighted by molar-refractivity contribution is 5.81. The highest BCUT2D eigenvalue weighted by Crippen LogP contribution is 1.96. The zero-order chi connectivity index (χ0) is 11.3. The molecule has 1 unspecified atom stereocenters. The molecule has 0 radical (unpaired) electrons. The second kappa shape index (κ2) is 5.56. The number of carbonyl (C=O) groups excluding carboxylic acids is 1. The first-order valence-corrected chi connectivity index (χ1v) is 5.25. The molecule has 1 heterocycles. The van der Waals surface area contributed by atoms with Gasteiger partial charge < -0.3 is 15.6 Å². The molecule has 1 amide bonds. The molecule has 0 aromatic carbocycles. The van der Waals surface area contributed by atoms with Gasteiger partial charge in [-0.3, -0.25) is 4.79 Å². The summed E-state index contributed by atoms with van der Waals surface area (Å²) in [6.07, 6.45) is 3.79. The molecule has 1 rings (SSSR count). The maximum atomic E-state index is 11.5. The summed E-state index contributed by atoms with van der Waals surface area (Å²) >= 11 is 0. The Bertz CT molecular complexity index is 293. The van der Waals surface area contributed by atoms with Gasteiger partial charge in [-0.25, -0.2) is 0 Å². The second-order valence-corrected chi connectivity index (χ2v) is 3.99. The van der Waals surface area contributed by atoms with Gasteiger partial charge in [-0.1, -0.05) is 0 Å². The summed E-state index contributed by atoms with van der Waals surface area (Å²) in [6.45, 7) is 6.48. The summed E-state index contributed by atoms with van der Waals surface area (Å²) in [5, 5.41) is 6.02. The van der Waals surface area contributed by atoms with Crippen molar-refractivity contribution in [3.63, 3.8) is 0 Å². The van der Waals surface area contributed by atoms with Crippen molar-refractivity contribution in [2.75, 3.05) is 0 Å². The first kappa shape index (κ1) is 11.8. The maximum Gasteiger partial charge on any atom is 0.237 e. The Labute approximate surface area is 90.5 Å². The van der Waals surface area contributed by atoms with Crippen LogP contribution in [0.15, 0.2) is 18.5 Å². The van der Waals surface area contributed by atoms with E-state index in [0.717, 1.165) is 5.56 Å². The van der Waals surface area contributed by atoms with E-state index in [1.807, 2.05) is 39.2 Å². The molecule has 1 aromatic heterocycles.